The zero-order chi connectivity index (χ0) is 19.7. The molecule has 2 aliphatic heterocycles. The molecule has 0 saturated carbocycles. The number of rotatable bonds is 3. The molecule has 0 bridgehead atoms. The number of piperazine rings is 1. The highest BCUT2D eigenvalue weighted by molar-refractivity contribution is 7.89. The van der Waals surface area contributed by atoms with E-state index in [1.54, 1.807) is 24.3 Å². The third kappa shape index (κ3) is 3.70. The highest BCUT2D eigenvalue weighted by Crippen LogP contribution is 2.22. The maximum Gasteiger partial charge on any atom is 0.254 e. The number of hydrogen-bond donors (Lipinski definition) is 0. The Hall–Kier alpha value is -2.22. The molecule has 6 nitrogen and oxygen atoms in total. The third-order valence-electron chi connectivity index (χ3n) is 5.62. The van der Waals surface area contributed by atoms with E-state index < -0.39 is 10.0 Å². The van der Waals surface area contributed by atoms with Crippen LogP contribution in [-0.2, 0) is 23.0 Å². The number of carbonyl (C=O) groups excluding carboxylic acids is 1. The molecule has 0 spiro atoms. The first-order valence-electron chi connectivity index (χ1n) is 9.60. The van der Waals surface area contributed by atoms with Crippen LogP contribution in [0.2, 0.25) is 0 Å². The van der Waals surface area contributed by atoms with E-state index in [0.717, 1.165) is 19.5 Å². The Balaban J connectivity index is 1.48. The highest BCUT2D eigenvalue weighted by atomic mass is 32.2. The van der Waals surface area contributed by atoms with Gasteiger partial charge in [0.1, 0.15) is 0 Å². The van der Waals surface area contributed by atoms with E-state index >= 15 is 0 Å². The zero-order valence-electron chi connectivity index (χ0n) is 16.0. The Labute approximate surface area is 166 Å². The van der Waals surface area contributed by atoms with Crippen LogP contribution in [0.1, 0.15) is 21.5 Å². The molecule has 2 aromatic carbocycles. The number of benzene rings is 2. The van der Waals surface area contributed by atoms with Gasteiger partial charge in [0, 0.05) is 44.8 Å². The molecule has 2 aromatic rings. The molecule has 2 heterocycles. The van der Waals surface area contributed by atoms with Crippen LogP contribution in [-0.4, -0.2) is 68.2 Å². The van der Waals surface area contributed by atoms with Crippen LogP contribution >= 0.6 is 0 Å². The third-order valence-corrected chi connectivity index (χ3v) is 7.53. The predicted octanol–water partition coefficient (Wildman–Crippen LogP) is 1.82. The summed E-state index contributed by atoms with van der Waals surface area (Å²) in [6.07, 6.45) is 0.845. The van der Waals surface area contributed by atoms with Crippen LogP contribution in [0.5, 0.6) is 0 Å². The van der Waals surface area contributed by atoms with Crippen molar-refractivity contribution in [2.24, 2.45) is 0 Å². The number of sulfonamides is 1. The Morgan fingerprint density at radius 1 is 0.857 bits per heavy atom. The smallest absolute Gasteiger partial charge is 0.254 e. The minimum Gasteiger partial charge on any atom is -0.334 e. The summed E-state index contributed by atoms with van der Waals surface area (Å²) in [5.41, 5.74) is 2.99. The lowest BCUT2D eigenvalue weighted by atomic mass is 9.99. The molecule has 148 valence electrons. The summed E-state index contributed by atoms with van der Waals surface area (Å²) in [5.74, 6) is -0.0574. The summed E-state index contributed by atoms with van der Waals surface area (Å²) in [4.78, 5) is 17.1. The fourth-order valence-electron chi connectivity index (χ4n) is 3.80. The summed E-state index contributed by atoms with van der Waals surface area (Å²) in [5, 5.41) is 0. The number of hydrogen-bond acceptors (Lipinski definition) is 4. The standard InChI is InChI=1S/C21H25N3O3S/c1-22-12-14-24(15-13-22)28(26,27)20-8-6-18(7-9-20)21(25)23-11-10-17-4-2-3-5-19(17)16-23/h2-9H,10-16H2,1H3. The van der Waals surface area contributed by atoms with E-state index in [1.807, 2.05) is 24.1 Å². The molecule has 0 radical (unpaired) electrons. The summed E-state index contributed by atoms with van der Waals surface area (Å²) in [7, 11) is -1.52. The van der Waals surface area contributed by atoms with Crippen LogP contribution in [0.3, 0.4) is 0 Å². The van der Waals surface area contributed by atoms with Gasteiger partial charge in [-0.15, -0.1) is 0 Å². The first-order chi connectivity index (χ1) is 13.4. The van der Waals surface area contributed by atoms with Gasteiger partial charge in [0.2, 0.25) is 10.0 Å². The van der Waals surface area contributed by atoms with Crippen LogP contribution in [0.15, 0.2) is 53.4 Å². The van der Waals surface area contributed by atoms with Gasteiger partial charge in [0.05, 0.1) is 4.90 Å². The monoisotopic (exact) mass is 399 g/mol. The molecular formula is C21H25N3O3S. The number of amides is 1. The molecule has 0 aliphatic carbocycles. The molecular weight excluding hydrogens is 374 g/mol. The highest BCUT2D eigenvalue weighted by Gasteiger charge is 2.28. The van der Waals surface area contributed by atoms with Gasteiger partial charge < -0.3 is 9.80 Å². The average molecular weight is 400 g/mol. The maximum atomic E-state index is 12.9. The number of nitrogens with zero attached hydrogens (tertiary/aromatic N) is 3. The Kier molecular flexibility index (Phi) is 5.23. The van der Waals surface area contributed by atoms with E-state index in [1.165, 1.54) is 15.4 Å². The second kappa shape index (κ2) is 7.66. The van der Waals surface area contributed by atoms with Crippen molar-refractivity contribution < 1.29 is 13.2 Å². The normalized spacial score (nSPS) is 18.7. The van der Waals surface area contributed by atoms with Crippen LogP contribution in [0, 0.1) is 0 Å². The lowest BCUT2D eigenvalue weighted by Crippen LogP contribution is -2.47. The average Bonchev–Trinajstić information content (AvgIpc) is 2.73. The van der Waals surface area contributed by atoms with Crippen molar-refractivity contribution in [2.75, 3.05) is 39.8 Å². The fourth-order valence-corrected chi connectivity index (χ4v) is 5.22. The number of likely N-dealkylation sites (N-methyl/N-ethyl adjacent to an activating group) is 1. The van der Waals surface area contributed by atoms with Crippen molar-refractivity contribution in [1.29, 1.82) is 0 Å². The van der Waals surface area contributed by atoms with Crippen molar-refractivity contribution in [1.82, 2.24) is 14.1 Å². The second-order valence-electron chi connectivity index (χ2n) is 7.48. The van der Waals surface area contributed by atoms with Crippen molar-refractivity contribution in [3.05, 3.63) is 65.2 Å². The van der Waals surface area contributed by atoms with Crippen LogP contribution < -0.4 is 0 Å². The van der Waals surface area contributed by atoms with Crippen molar-refractivity contribution in [3.8, 4) is 0 Å². The Morgan fingerprint density at radius 2 is 1.50 bits per heavy atom. The first kappa shape index (κ1) is 19.1. The molecule has 4 rings (SSSR count). The van der Waals surface area contributed by atoms with Gasteiger partial charge in [-0.25, -0.2) is 8.42 Å². The number of carbonyl (C=O) groups is 1. The minimum absolute atomic E-state index is 0.0574. The molecule has 7 heteroatoms. The molecule has 0 N–H and O–H groups in total. The second-order valence-corrected chi connectivity index (χ2v) is 9.42. The van der Waals surface area contributed by atoms with Crippen molar-refractivity contribution >= 4 is 15.9 Å². The Bertz CT molecular complexity index is 965. The van der Waals surface area contributed by atoms with Gasteiger partial charge in [0.25, 0.3) is 5.91 Å². The van der Waals surface area contributed by atoms with E-state index in [-0.39, 0.29) is 10.8 Å². The largest absolute Gasteiger partial charge is 0.334 e. The maximum absolute atomic E-state index is 12.9. The van der Waals surface area contributed by atoms with Crippen molar-refractivity contribution in [2.45, 2.75) is 17.9 Å². The Morgan fingerprint density at radius 3 is 2.18 bits per heavy atom. The van der Waals surface area contributed by atoms with E-state index in [9.17, 15) is 13.2 Å². The SMILES string of the molecule is CN1CCN(S(=O)(=O)c2ccc(C(=O)N3CCc4ccccc4C3)cc2)CC1. The summed E-state index contributed by atoms with van der Waals surface area (Å²) in [6.45, 7) is 3.71. The van der Waals surface area contributed by atoms with Gasteiger partial charge in [-0.3, -0.25) is 4.79 Å². The van der Waals surface area contributed by atoms with Gasteiger partial charge in [-0.1, -0.05) is 24.3 Å². The fraction of sp³-hybridized carbons (Fsp3) is 0.381. The number of fused-ring (bicyclic) bond motifs is 1. The molecule has 2 aliphatic rings. The zero-order valence-corrected chi connectivity index (χ0v) is 16.9. The summed E-state index contributed by atoms with van der Waals surface area (Å²) < 4.78 is 27.2. The molecule has 0 aromatic heterocycles. The van der Waals surface area contributed by atoms with E-state index in [4.69, 9.17) is 0 Å². The molecule has 1 saturated heterocycles. The van der Waals surface area contributed by atoms with Gasteiger partial charge in [-0.05, 0) is 48.9 Å². The van der Waals surface area contributed by atoms with E-state index in [2.05, 4.69) is 17.0 Å². The van der Waals surface area contributed by atoms with Crippen molar-refractivity contribution in [3.63, 3.8) is 0 Å². The van der Waals surface area contributed by atoms with Gasteiger partial charge >= 0.3 is 0 Å². The summed E-state index contributed by atoms with van der Waals surface area (Å²) in [6, 6.07) is 14.5. The van der Waals surface area contributed by atoms with Crippen LogP contribution in [0.25, 0.3) is 0 Å². The van der Waals surface area contributed by atoms with Gasteiger partial charge in [0.15, 0.2) is 0 Å². The van der Waals surface area contributed by atoms with E-state index in [0.29, 0.717) is 31.7 Å². The topological polar surface area (TPSA) is 60.9 Å². The minimum atomic E-state index is -3.51. The predicted molar refractivity (Wildman–Crippen MR) is 108 cm³/mol. The van der Waals surface area contributed by atoms with Gasteiger partial charge in [-0.2, -0.15) is 4.31 Å². The molecule has 1 fully saturated rings. The summed E-state index contributed by atoms with van der Waals surface area (Å²) >= 11 is 0. The molecule has 28 heavy (non-hydrogen) atoms. The molecule has 1 amide bonds. The lowest BCUT2D eigenvalue weighted by molar-refractivity contribution is 0.0734. The quantitative estimate of drug-likeness (QED) is 0.790. The molecule has 0 unspecified atom stereocenters. The first-order valence-corrected chi connectivity index (χ1v) is 11.0. The van der Waals surface area contributed by atoms with Crippen LogP contribution in [0.4, 0.5) is 0 Å². The molecule has 0 atom stereocenters. The lowest BCUT2D eigenvalue weighted by Gasteiger charge is -2.31.